The van der Waals surface area contributed by atoms with Crippen LogP contribution in [-0.2, 0) is 5.75 Å². The number of imidazole rings is 1. The first-order chi connectivity index (χ1) is 14.9. The molecule has 0 amide bonds. The fraction of sp³-hybridized carbons (Fsp3) is 0.0455. The Morgan fingerprint density at radius 3 is 2.53 bits per heavy atom. The first kappa shape index (κ1) is 17.5. The molecule has 4 aromatic heterocycles. The summed E-state index contributed by atoms with van der Waals surface area (Å²) in [6.45, 7) is 0. The lowest BCUT2D eigenvalue weighted by atomic mass is 10.2. The van der Waals surface area contributed by atoms with Crippen molar-refractivity contribution in [3.8, 4) is 10.8 Å². The molecule has 0 atom stereocenters. The highest BCUT2D eigenvalue weighted by Crippen LogP contribution is 2.31. The van der Waals surface area contributed by atoms with E-state index in [1.165, 1.54) is 0 Å². The molecule has 6 nitrogen and oxygen atoms in total. The van der Waals surface area contributed by atoms with Crippen molar-refractivity contribution in [3.63, 3.8) is 0 Å². The second-order valence-electron chi connectivity index (χ2n) is 6.68. The van der Waals surface area contributed by atoms with Gasteiger partial charge in [0.25, 0.3) is 0 Å². The Hall–Kier alpha value is -3.36. The van der Waals surface area contributed by atoms with Crippen LogP contribution in [0.4, 0.5) is 0 Å². The maximum Gasteiger partial charge on any atom is 0.188 e. The summed E-state index contributed by atoms with van der Waals surface area (Å²) < 4.78 is 2.15. The van der Waals surface area contributed by atoms with E-state index in [2.05, 4.69) is 31.9 Å². The van der Waals surface area contributed by atoms with Crippen LogP contribution in [0.5, 0.6) is 0 Å². The molecule has 0 aliphatic carbocycles. The third-order valence-corrected chi connectivity index (χ3v) is 6.63. The molecule has 2 aromatic carbocycles. The Balaban J connectivity index is 1.42. The summed E-state index contributed by atoms with van der Waals surface area (Å²) in [6, 6.07) is 18.1. The zero-order valence-corrected chi connectivity index (χ0v) is 17.3. The van der Waals surface area contributed by atoms with Gasteiger partial charge in [-0.25, -0.2) is 24.9 Å². The second kappa shape index (κ2) is 7.16. The van der Waals surface area contributed by atoms with Crippen molar-refractivity contribution in [1.29, 1.82) is 0 Å². The van der Waals surface area contributed by atoms with E-state index < -0.39 is 0 Å². The van der Waals surface area contributed by atoms with Crippen LogP contribution >= 0.6 is 23.1 Å². The van der Waals surface area contributed by atoms with Crippen LogP contribution in [0.15, 0.2) is 77.5 Å². The minimum Gasteiger partial charge on any atom is -0.271 e. The van der Waals surface area contributed by atoms with E-state index in [0.29, 0.717) is 11.6 Å². The monoisotopic (exact) mass is 426 g/mol. The Morgan fingerprint density at radius 1 is 0.833 bits per heavy atom. The number of hydrogen-bond acceptors (Lipinski definition) is 7. The van der Waals surface area contributed by atoms with E-state index in [0.717, 1.165) is 43.4 Å². The van der Waals surface area contributed by atoms with Crippen molar-refractivity contribution in [1.82, 2.24) is 29.3 Å². The Kier molecular flexibility index (Phi) is 4.17. The molecule has 0 N–H and O–H groups in total. The predicted octanol–water partition coefficient (Wildman–Crippen LogP) is 5.24. The topological polar surface area (TPSA) is 68.9 Å². The van der Waals surface area contributed by atoms with Crippen LogP contribution in [0, 0.1) is 0 Å². The summed E-state index contributed by atoms with van der Waals surface area (Å²) >= 11 is 3.22. The lowest BCUT2D eigenvalue weighted by Crippen LogP contribution is -1.97. The average molecular weight is 427 g/mol. The molecule has 0 bridgehead atoms. The summed E-state index contributed by atoms with van der Waals surface area (Å²) in [5.74, 6) is 1.36. The number of thiazole rings is 1. The molecule has 6 aromatic rings. The van der Waals surface area contributed by atoms with Gasteiger partial charge in [0.1, 0.15) is 5.65 Å². The number of thioether (sulfide) groups is 1. The maximum atomic E-state index is 4.94. The number of rotatable bonds is 4. The fourth-order valence-electron chi connectivity index (χ4n) is 3.43. The third kappa shape index (κ3) is 2.92. The quantitative estimate of drug-likeness (QED) is 0.284. The van der Waals surface area contributed by atoms with E-state index >= 15 is 0 Å². The first-order valence-corrected chi connectivity index (χ1v) is 11.2. The van der Waals surface area contributed by atoms with Crippen molar-refractivity contribution in [2.75, 3.05) is 0 Å². The number of fused-ring (bicyclic) bond motifs is 5. The van der Waals surface area contributed by atoms with Gasteiger partial charge in [0, 0.05) is 28.9 Å². The smallest absolute Gasteiger partial charge is 0.188 e. The predicted molar refractivity (Wildman–Crippen MR) is 121 cm³/mol. The van der Waals surface area contributed by atoms with E-state index in [1.54, 1.807) is 41.6 Å². The van der Waals surface area contributed by atoms with Crippen molar-refractivity contribution >= 4 is 50.7 Å². The summed E-state index contributed by atoms with van der Waals surface area (Å²) in [5, 5.41) is 4.84. The normalized spacial score (nSPS) is 11.6. The van der Waals surface area contributed by atoms with Gasteiger partial charge < -0.3 is 0 Å². The molecule has 0 unspecified atom stereocenters. The van der Waals surface area contributed by atoms with Crippen molar-refractivity contribution in [3.05, 3.63) is 78.1 Å². The first-order valence-electron chi connectivity index (χ1n) is 9.37. The van der Waals surface area contributed by atoms with Gasteiger partial charge in [-0.2, -0.15) is 0 Å². The molecule has 0 radical (unpaired) electrons. The van der Waals surface area contributed by atoms with Gasteiger partial charge in [-0.3, -0.25) is 4.40 Å². The zero-order chi connectivity index (χ0) is 19.9. The highest BCUT2D eigenvalue weighted by Gasteiger charge is 2.15. The van der Waals surface area contributed by atoms with Crippen LogP contribution in [0.1, 0.15) is 5.69 Å². The molecule has 0 fully saturated rings. The van der Waals surface area contributed by atoms with Gasteiger partial charge in [0.05, 0.1) is 22.2 Å². The molecule has 6 rings (SSSR count). The molecule has 144 valence electrons. The second-order valence-corrected chi connectivity index (χ2v) is 8.48. The van der Waals surface area contributed by atoms with Crippen molar-refractivity contribution in [2.24, 2.45) is 0 Å². The Bertz CT molecular complexity index is 1510. The van der Waals surface area contributed by atoms with Gasteiger partial charge in [0.2, 0.25) is 0 Å². The molecule has 0 aliphatic rings. The van der Waals surface area contributed by atoms with E-state index in [9.17, 15) is 0 Å². The highest BCUT2D eigenvalue weighted by atomic mass is 32.2. The molecular formula is C22H14N6S2. The molecule has 0 saturated carbocycles. The largest absolute Gasteiger partial charge is 0.271 e. The van der Waals surface area contributed by atoms with Gasteiger partial charge in [-0.15, -0.1) is 11.3 Å². The fourth-order valence-corrected chi connectivity index (χ4v) is 5.21. The molecule has 0 aliphatic heterocycles. The van der Waals surface area contributed by atoms with E-state index in [1.807, 2.05) is 36.4 Å². The van der Waals surface area contributed by atoms with Crippen LogP contribution in [0.3, 0.4) is 0 Å². The van der Waals surface area contributed by atoms with Crippen LogP contribution in [-0.4, -0.2) is 29.3 Å². The molecular weight excluding hydrogens is 412 g/mol. The summed E-state index contributed by atoms with van der Waals surface area (Å²) in [4.78, 5) is 23.1. The molecule has 0 spiro atoms. The molecule has 8 heteroatoms. The van der Waals surface area contributed by atoms with Gasteiger partial charge in [0.15, 0.2) is 16.0 Å². The SMILES string of the molecule is c1cnc(-c2nc(CSc3nc4ccccc4c4nc5ccccc5n34)cs2)nc1. The van der Waals surface area contributed by atoms with Crippen LogP contribution in [0.25, 0.3) is 38.4 Å². The number of para-hydroxylation sites is 3. The lowest BCUT2D eigenvalue weighted by molar-refractivity contribution is 0.951. The van der Waals surface area contributed by atoms with Crippen LogP contribution in [0.2, 0.25) is 0 Å². The maximum absolute atomic E-state index is 4.94. The van der Waals surface area contributed by atoms with Crippen LogP contribution < -0.4 is 0 Å². The van der Waals surface area contributed by atoms with Crippen molar-refractivity contribution in [2.45, 2.75) is 10.9 Å². The average Bonchev–Trinajstić information content (AvgIpc) is 3.43. The minimum atomic E-state index is 0.658. The van der Waals surface area contributed by atoms with E-state index in [4.69, 9.17) is 15.0 Å². The minimum absolute atomic E-state index is 0.658. The number of aromatic nitrogens is 6. The summed E-state index contributed by atoms with van der Waals surface area (Å²) in [7, 11) is 0. The van der Waals surface area contributed by atoms with E-state index in [-0.39, 0.29) is 0 Å². The van der Waals surface area contributed by atoms with Gasteiger partial charge in [-0.05, 0) is 30.3 Å². The highest BCUT2D eigenvalue weighted by molar-refractivity contribution is 7.98. The number of nitrogens with zero attached hydrogens (tertiary/aromatic N) is 6. The van der Waals surface area contributed by atoms with Gasteiger partial charge >= 0.3 is 0 Å². The number of hydrogen-bond donors (Lipinski definition) is 0. The third-order valence-electron chi connectivity index (χ3n) is 4.77. The Labute approximate surface area is 179 Å². The van der Waals surface area contributed by atoms with Gasteiger partial charge in [-0.1, -0.05) is 36.0 Å². The summed E-state index contributed by atoms with van der Waals surface area (Å²) in [5.41, 5.74) is 4.89. The zero-order valence-electron chi connectivity index (χ0n) is 15.6. The van der Waals surface area contributed by atoms with Crippen molar-refractivity contribution < 1.29 is 0 Å². The standard InChI is InChI=1S/C22H14N6S2/c1-2-7-16-15(6-1)20-26-17-8-3-4-9-18(17)28(20)22(27-16)30-13-14-12-29-21(25-14)19-23-10-5-11-24-19/h1-12H,13H2. The molecule has 30 heavy (non-hydrogen) atoms. The summed E-state index contributed by atoms with van der Waals surface area (Å²) in [6.07, 6.45) is 3.47. The Morgan fingerprint density at radius 2 is 1.63 bits per heavy atom. The molecule has 4 heterocycles. The molecule has 0 saturated heterocycles. The number of benzene rings is 2. The lowest BCUT2D eigenvalue weighted by Gasteiger charge is -2.07.